The lowest BCUT2D eigenvalue weighted by atomic mass is 10.0. The van der Waals surface area contributed by atoms with Gasteiger partial charge in [-0.25, -0.2) is 0 Å². The molecule has 6 aromatic rings. The minimum atomic E-state index is -4.33. The van der Waals surface area contributed by atoms with E-state index in [1.807, 2.05) is 36.4 Å². The van der Waals surface area contributed by atoms with Gasteiger partial charge in [0.15, 0.2) is 0 Å². The van der Waals surface area contributed by atoms with Crippen LogP contribution in [0.15, 0.2) is 109 Å². The molecule has 0 aliphatic heterocycles. The summed E-state index contributed by atoms with van der Waals surface area (Å²) in [6, 6.07) is 34.3. The highest BCUT2D eigenvalue weighted by Crippen LogP contribution is 2.43. The summed E-state index contributed by atoms with van der Waals surface area (Å²) in [5.41, 5.74) is 3.27. The zero-order chi connectivity index (χ0) is 27.0. The monoisotopic (exact) mass is 574 g/mol. The maximum Gasteiger partial charge on any atom is 0.416 e. The van der Waals surface area contributed by atoms with E-state index in [4.69, 9.17) is 4.74 Å². The predicted molar refractivity (Wildman–Crippen MR) is 159 cm³/mol. The highest BCUT2D eigenvalue weighted by Gasteiger charge is 2.30. The average Bonchev–Trinajstić information content (AvgIpc) is 3.73. The molecule has 0 amide bonds. The summed E-state index contributed by atoms with van der Waals surface area (Å²) >= 11 is 5.30. The van der Waals surface area contributed by atoms with Crippen molar-refractivity contribution in [3.05, 3.63) is 115 Å². The van der Waals surface area contributed by atoms with Gasteiger partial charge in [-0.05, 0) is 95.1 Å². The van der Waals surface area contributed by atoms with Crippen LogP contribution in [0.3, 0.4) is 0 Å². The van der Waals surface area contributed by atoms with Crippen molar-refractivity contribution in [2.75, 3.05) is 7.11 Å². The van der Waals surface area contributed by atoms with E-state index < -0.39 is 11.7 Å². The van der Waals surface area contributed by atoms with Crippen molar-refractivity contribution in [1.82, 2.24) is 0 Å². The molecule has 39 heavy (non-hydrogen) atoms. The summed E-state index contributed by atoms with van der Waals surface area (Å²) in [4.78, 5) is 7.29. The Kier molecular flexibility index (Phi) is 6.89. The van der Waals surface area contributed by atoms with Gasteiger partial charge in [0.1, 0.15) is 5.75 Å². The number of rotatable bonds is 6. The molecule has 0 aliphatic rings. The lowest BCUT2D eigenvalue weighted by Gasteiger charge is -2.08. The summed E-state index contributed by atoms with van der Waals surface area (Å²) in [6.07, 6.45) is -4.33. The van der Waals surface area contributed by atoms with Crippen molar-refractivity contribution in [3.8, 4) is 57.3 Å². The molecular formula is C32H21F3OS3. The highest BCUT2D eigenvalue weighted by molar-refractivity contribution is 7.27. The zero-order valence-corrected chi connectivity index (χ0v) is 23.1. The lowest BCUT2D eigenvalue weighted by molar-refractivity contribution is -0.137. The van der Waals surface area contributed by atoms with Gasteiger partial charge >= 0.3 is 6.18 Å². The summed E-state index contributed by atoms with van der Waals surface area (Å²) < 4.78 is 43.8. The summed E-state index contributed by atoms with van der Waals surface area (Å²) in [5.74, 6) is 0.851. The molecule has 0 saturated carbocycles. The molecule has 3 aromatic heterocycles. The molecule has 0 bridgehead atoms. The van der Waals surface area contributed by atoms with Gasteiger partial charge in [-0.2, -0.15) is 13.2 Å². The van der Waals surface area contributed by atoms with Crippen LogP contribution in [0.1, 0.15) is 5.56 Å². The fourth-order valence-electron chi connectivity index (χ4n) is 4.29. The normalized spacial score (nSPS) is 11.6. The van der Waals surface area contributed by atoms with Crippen LogP contribution in [0.4, 0.5) is 13.2 Å². The molecule has 3 heterocycles. The number of thiophene rings is 3. The van der Waals surface area contributed by atoms with Crippen LogP contribution >= 0.6 is 34.0 Å². The van der Waals surface area contributed by atoms with E-state index in [0.29, 0.717) is 0 Å². The van der Waals surface area contributed by atoms with Gasteiger partial charge < -0.3 is 4.74 Å². The SMILES string of the molecule is COc1ccc(-c2ccc(-c3ccc(-c4ccc(-c5ccc(-c6ccc(C(F)(F)F)cc6)cc5)s4)s3)s2)cc1. The van der Waals surface area contributed by atoms with Crippen molar-refractivity contribution in [2.45, 2.75) is 6.18 Å². The standard InChI is InChI=1S/C32H21F3OS3/c1-36-25-12-8-23(9-13-25)27-15-17-29(38-27)31-19-18-30(39-31)28-16-14-26(37-28)22-4-2-20(3-5-22)21-6-10-24(11-7-21)32(33,34)35/h2-19H,1H3. The van der Waals surface area contributed by atoms with E-state index in [1.165, 1.54) is 42.1 Å². The first kappa shape index (κ1) is 25.6. The molecule has 0 aliphatic carbocycles. The fraction of sp³-hybridized carbons (Fsp3) is 0.0625. The van der Waals surface area contributed by atoms with E-state index in [1.54, 1.807) is 41.1 Å². The fourth-order valence-corrected chi connectivity index (χ4v) is 7.50. The molecule has 7 heteroatoms. The Morgan fingerprint density at radius 3 is 1.18 bits per heavy atom. The Bertz CT molecular complexity index is 1700. The first-order chi connectivity index (χ1) is 18.9. The van der Waals surface area contributed by atoms with Crippen molar-refractivity contribution >= 4 is 34.0 Å². The number of alkyl halides is 3. The second-order valence-electron chi connectivity index (χ2n) is 8.87. The quantitative estimate of drug-likeness (QED) is 0.192. The van der Waals surface area contributed by atoms with Crippen LogP contribution in [0.25, 0.3) is 51.5 Å². The summed E-state index contributed by atoms with van der Waals surface area (Å²) in [7, 11) is 1.67. The van der Waals surface area contributed by atoms with Crippen molar-refractivity contribution in [1.29, 1.82) is 0 Å². The third-order valence-corrected chi connectivity index (χ3v) is 10.1. The Labute approximate surface area is 236 Å². The van der Waals surface area contributed by atoms with Crippen LogP contribution in [-0.2, 0) is 6.18 Å². The van der Waals surface area contributed by atoms with E-state index >= 15 is 0 Å². The first-order valence-electron chi connectivity index (χ1n) is 12.1. The lowest BCUT2D eigenvalue weighted by Crippen LogP contribution is -2.03. The van der Waals surface area contributed by atoms with Gasteiger partial charge in [-0.1, -0.05) is 36.4 Å². The highest BCUT2D eigenvalue weighted by atomic mass is 32.1. The molecule has 0 N–H and O–H groups in total. The molecular weight excluding hydrogens is 554 g/mol. The van der Waals surface area contributed by atoms with Crippen molar-refractivity contribution in [3.63, 3.8) is 0 Å². The van der Waals surface area contributed by atoms with E-state index in [9.17, 15) is 13.2 Å². The smallest absolute Gasteiger partial charge is 0.416 e. The third-order valence-electron chi connectivity index (χ3n) is 6.39. The van der Waals surface area contributed by atoms with E-state index in [-0.39, 0.29) is 0 Å². The van der Waals surface area contributed by atoms with E-state index in [2.05, 4.69) is 48.5 Å². The van der Waals surface area contributed by atoms with Gasteiger partial charge in [0, 0.05) is 29.3 Å². The average molecular weight is 575 g/mol. The molecule has 0 fully saturated rings. The van der Waals surface area contributed by atoms with E-state index in [0.717, 1.165) is 39.4 Å². The molecule has 0 unspecified atom stereocenters. The Hall–Kier alpha value is -3.65. The molecule has 1 nitrogen and oxygen atoms in total. The maximum absolute atomic E-state index is 12.9. The molecule has 0 spiro atoms. The summed E-state index contributed by atoms with van der Waals surface area (Å²) in [6.45, 7) is 0. The molecule has 0 radical (unpaired) electrons. The van der Waals surface area contributed by atoms with Crippen LogP contribution in [0, 0.1) is 0 Å². The second-order valence-corrected chi connectivity index (χ2v) is 12.1. The minimum Gasteiger partial charge on any atom is -0.497 e. The van der Waals surface area contributed by atoms with Crippen LogP contribution in [-0.4, -0.2) is 7.11 Å². The Morgan fingerprint density at radius 1 is 0.436 bits per heavy atom. The molecule has 0 saturated heterocycles. The molecule has 6 rings (SSSR count). The van der Waals surface area contributed by atoms with Crippen molar-refractivity contribution < 1.29 is 17.9 Å². The Balaban J connectivity index is 1.17. The number of methoxy groups -OCH3 is 1. The maximum atomic E-state index is 12.9. The first-order valence-corrected chi connectivity index (χ1v) is 14.5. The summed E-state index contributed by atoms with van der Waals surface area (Å²) in [5, 5.41) is 0. The van der Waals surface area contributed by atoms with Crippen LogP contribution in [0.2, 0.25) is 0 Å². The second kappa shape index (κ2) is 10.5. The van der Waals surface area contributed by atoms with Crippen LogP contribution in [0.5, 0.6) is 5.75 Å². The number of hydrogen-bond donors (Lipinski definition) is 0. The number of ether oxygens (including phenoxy) is 1. The van der Waals surface area contributed by atoms with Gasteiger partial charge in [-0.3, -0.25) is 0 Å². The third kappa shape index (κ3) is 5.43. The zero-order valence-electron chi connectivity index (χ0n) is 20.7. The molecule has 194 valence electrons. The van der Waals surface area contributed by atoms with Gasteiger partial charge in [0.25, 0.3) is 0 Å². The topological polar surface area (TPSA) is 9.23 Å². The number of benzene rings is 3. The van der Waals surface area contributed by atoms with Gasteiger partial charge in [-0.15, -0.1) is 34.0 Å². The van der Waals surface area contributed by atoms with Crippen LogP contribution < -0.4 is 4.74 Å². The van der Waals surface area contributed by atoms with Crippen molar-refractivity contribution in [2.24, 2.45) is 0 Å². The largest absolute Gasteiger partial charge is 0.497 e. The number of hydrogen-bond acceptors (Lipinski definition) is 4. The molecule has 0 atom stereocenters. The van der Waals surface area contributed by atoms with Gasteiger partial charge in [0.05, 0.1) is 12.7 Å². The number of halogens is 3. The molecule has 3 aromatic carbocycles. The van der Waals surface area contributed by atoms with Gasteiger partial charge in [0.2, 0.25) is 0 Å². The Morgan fingerprint density at radius 2 is 0.769 bits per heavy atom. The minimum absolute atomic E-state index is 0.637. The predicted octanol–water partition coefficient (Wildman–Crippen LogP) is 11.2.